The number of hydrogen-bond donors (Lipinski definition) is 1. The van der Waals surface area contributed by atoms with Crippen LogP contribution in [0.3, 0.4) is 0 Å². The van der Waals surface area contributed by atoms with Crippen molar-refractivity contribution in [2.75, 3.05) is 0 Å². The zero-order valence-corrected chi connectivity index (χ0v) is 21.6. The van der Waals surface area contributed by atoms with Crippen LogP contribution in [-0.4, -0.2) is 44.1 Å². The van der Waals surface area contributed by atoms with E-state index in [4.69, 9.17) is 5.10 Å². The second kappa shape index (κ2) is 9.79. The predicted octanol–water partition coefficient (Wildman–Crippen LogP) is 5.67. The normalized spacial score (nSPS) is 24.0. The molecule has 2 saturated carbocycles. The summed E-state index contributed by atoms with van der Waals surface area (Å²) in [5.41, 5.74) is 2.74. The lowest BCUT2D eigenvalue weighted by Crippen LogP contribution is -2.67. The summed E-state index contributed by atoms with van der Waals surface area (Å²) in [6, 6.07) is 10.7. The molecular weight excluding hydrogens is 436 g/mol. The second-order valence-electron chi connectivity index (χ2n) is 11.4. The first-order valence-electron chi connectivity index (χ1n) is 13.7. The third-order valence-electron chi connectivity index (χ3n) is 8.45. The molecule has 0 unspecified atom stereocenters. The van der Waals surface area contributed by atoms with Crippen LogP contribution in [0, 0.1) is 0 Å². The van der Waals surface area contributed by atoms with Crippen molar-refractivity contribution in [2.45, 2.75) is 115 Å². The van der Waals surface area contributed by atoms with Gasteiger partial charge in [-0.3, -0.25) is 14.3 Å². The standard InChI is InChI=1S/C29H40N4O2/c1-20(2)21-14-16-22(17-15-21)25-18-26-27(34)33(24-12-8-5-9-13-24)29(3,19-32(26)31-25)28(35)30-23-10-6-4-7-11-23/h14-18,20,23-24H,4-13,19H2,1-3H3,(H,30,35)/t29-/m0/s1. The van der Waals surface area contributed by atoms with Crippen LogP contribution in [0.4, 0.5) is 0 Å². The minimum Gasteiger partial charge on any atom is -0.351 e. The highest BCUT2D eigenvalue weighted by molar-refractivity contribution is 6.00. The Morgan fingerprint density at radius 2 is 1.63 bits per heavy atom. The van der Waals surface area contributed by atoms with Crippen molar-refractivity contribution in [3.05, 3.63) is 41.6 Å². The quantitative estimate of drug-likeness (QED) is 0.605. The molecule has 1 aromatic carbocycles. The van der Waals surface area contributed by atoms with Crippen LogP contribution in [0.5, 0.6) is 0 Å². The Bertz CT molecular complexity index is 1060. The van der Waals surface area contributed by atoms with Crippen molar-refractivity contribution >= 4 is 11.8 Å². The molecule has 6 nitrogen and oxygen atoms in total. The van der Waals surface area contributed by atoms with Crippen LogP contribution in [0.15, 0.2) is 30.3 Å². The first-order chi connectivity index (χ1) is 16.9. The summed E-state index contributed by atoms with van der Waals surface area (Å²) in [4.78, 5) is 29.8. The van der Waals surface area contributed by atoms with Gasteiger partial charge in [0, 0.05) is 17.6 Å². The maximum absolute atomic E-state index is 14.0. The number of nitrogens with zero attached hydrogens (tertiary/aromatic N) is 3. The van der Waals surface area contributed by atoms with Crippen molar-refractivity contribution in [2.24, 2.45) is 0 Å². The number of fused-ring (bicyclic) bond motifs is 1. The first kappa shape index (κ1) is 24.1. The van der Waals surface area contributed by atoms with E-state index in [1.807, 2.05) is 17.9 Å². The SMILES string of the molecule is CC(C)c1ccc(-c2cc3n(n2)C[C@@](C)(C(=O)NC2CCCCC2)N(C2CCCCC2)C3=O)cc1. The fourth-order valence-corrected chi connectivity index (χ4v) is 6.28. The summed E-state index contributed by atoms with van der Waals surface area (Å²) in [5, 5.41) is 8.17. The number of carbonyl (C=O) groups excluding carboxylic acids is 2. The number of benzene rings is 1. The molecule has 1 N–H and O–H groups in total. The zero-order valence-electron chi connectivity index (χ0n) is 21.6. The van der Waals surface area contributed by atoms with Crippen molar-refractivity contribution < 1.29 is 9.59 Å². The molecule has 3 aliphatic rings. The summed E-state index contributed by atoms with van der Waals surface area (Å²) in [6.07, 6.45) is 11.0. The van der Waals surface area contributed by atoms with Gasteiger partial charge in [0.1, 0.15) is 11.2 Å². The highest BCUT2D eigenvalue weighted by Gasteiger charge is 2.51. The molecule has 188 valence electrons. The molecule has 2 aromatic rings. The Morgan fingerprint density at radius 3 is 2.26 bits per heavy atom. The minimum absolute atomic E-state index is 0.0210. The first-order valence-corrected chi connectivity index (χ1v) is 13.7. The molecule has 0 saturated heterocycles. The molecule has 6 heteroatoms. The van der Waals surface area contributed by atoms with Gasteiger partial charge in [0.25, 0.3) is 5.91 Å². The molecular formula is C29H40N4O2. The van der Waals surface area contributed by atoms with E-state index in [0.717, 1.165) is 62.6 Å². The van der Waals surface area contributed by atoms with Gasteiger partial charge in [-0.1, -0.05) is 76.6 Å². The van der Waals surface area contributed by atoms with E-state index in [2.05, 4.69) is 43.4 Å². The Hall–Kier alpha value is -2.63. The molecule has 35 heavy (non-hydrogen) atoms. The van der Waals surface area contributed by atoms with E-state index in [1.54, 1.807) is 4.68 Å². The van der Waals surface area contributed by atoms with Crippen LogP contribution >= 0.6 is 0 Å². The highest BCUT2D eigenvalue weighted by atomic mass is 16.2. The molecule has 5 rings (SSSR count). The van der Waals surface area contributed by atoms with Crippen molar-refractivity contribution in [3.63, 3.8) is 0 Å². The second-order valence-corrected chi connectivity index (χ2v) is 11.4. The van der Waals surface area contributed by atoms with Gasteiger partial charge in [-0.25, -0.2) is 0 Å². The number of aromatic nitrogens is 2. The lowest BCUT2D eigenvalue weighted by atomic mass is 9.86. The summed E-state index contributed by atoms with van der Waals surface area (Å²) < 4.78 is 1.79. The van der Waals surface area contributed by atoms with Crippen molar-refractivity contribution in [1.82, 2.24) is 20.0 Å². The summed E-state index contributed by atoms with van der Waals surface area (Å²) >= 11 is 0. The van der Waals surface area contributed by atoms with Crippen LogP contribution in [0.25, 0.3) is 11.3 Å². The average Bonchev–Trinajstić information content (AvgIpc) is 3.29. The van der Waals surface area contributed by atoms with E-state index in [9.17, 15) is 9.59 Å². The molecule has 0 spiro atoms. The predicted molar refractivity (Wildman–Crippen MR) is 138 cm³/mol. The van der Waals surface area contributed by atoms with E-state index in [-0.39, 0.29) is 23.9 Å². The third kappa shape index (κ3) is 4.64. The smallest absolute Gasteiger partial charge is 0.273 e. The lowest BCUT2D eigenvalue weighted by molar-refractivity contribution is -0.136. The maximum Gasteiger partial charge on any atom is 0.273 e. The van der Waals surface area contributed by atoms with E-state index < -0.39 is 5.54 Å². The number of amides is 2. The van der Waals surface area contributed by atoms with E-state index in [1.165, 1.54) is 18.4 Å². The minimum atomic E-state index is -0.936. The van der Waals surface area contributed by atoms with E-state index >= 15 is 0 Å². The van der Waals surface area contributed by atoms with Gasteiger partial charge in [-0.15, -0.1) is 0 Å². The van der Waals surface area contributed by atoms with Gasteiger partial charge in [-0.2, -0.15) is 5.10 Å². The molecule has 2 heterocycles. The fraction of sp³-hybridized carbons (Fsp3) is 0.621. The largest absolute Gasteiger partial charge is 0.351 e. The average molecular weight is 477 g/mol. The third-order valence-corrected chi connectivity index (χ3v) is 8.45. The summed E-state index contributed by atoms with van der Waals surface area (Å²) in [6.45, 7) is 6.72. The van der Waals surface area contributed by atoms with Gasteiger partial charge in [0.2, 0.25) is 5.91 Å². The van der Waals surface area contributed by atoms with Crippen molar-refractivity contribution in [3.8, 4) is 11.3 Å². The zero-order chi connectivity index (χ0) is 24.6. The molecule has 2 fully saturated rings. The fourth-order valence-electron chi connectivity index (χ4n) is 6.28. The van der Waals surface area contributed by atoms with Crippen molar-refractivity contribution in [1.29, 1.82) is 0 Å². The maximum atomic E-state index is 14.0. The number of nitrogens with one attached hydrogen (secondary N) is 1. The Labute approximate surface area is 209 Å². The monoisotopic (exact) mass is 476 g/mol. The molecule has 0 radical (unpaired) electrons. The van der Waals surface area contributed by atoms with E-state index in [0.29, 0.717) is 18.2 Å². The molecule has 1 aliphatic heterocycles. The Balaban J connectivity index is 1.48. The topological polar surface area (TPSA) is 67.2 Å². The number of rotatable bonds is 5. The molecule has 1 atom stereocenters. The molecule has 2 amide bonds. The van der Waals surface area contributed by atoms with Crippen LogP contribution in [-0.2, 0) is 11.3 Å². The molecule has 1 aromatic heterocycles. The van der Waals surface area contributed by atoms with Gasteiger partial charge in [0.05, 0.1) is 12.2 Å². The van der Waals surface area contributed by atoms with Gasteiger partial charge in [-0.05, 0) is 50.2 Å². The van der Waals surface area contributed by atoms with Gasteiger partial charge in [0.15, 0.2) is 0 Å². The van der Waals surface area contributed by atoms with Crippen LogP contribution < -0.4 is 5.32 Å². The summed E-state index contributed by atoms with van der Waals surface area (Å²) in [7, 11) is 0. The number of hydrogen-bond acceptors (Lipinski definition) is 3. The van der Waals surface area contributed by atoms with Gasteiger partial charge < -0.3 is 10.2 Å². The van der Waals surface area contributed by atoms with Crippen LogP contribution in [0.1, 0.15) is 107 Å². The highest BCUT2D eigenvalue weighted by Crippen LogP contribution is 2.36. The molecule has 0 bridgehead atoms. The Morgan fingerprint density at radius 1 is 1.00 bits per heavy atom. The molecule has 2 aliphatic carbocycles. The van der Waals surface area contributed by atoms with Gasteiger partial charge >= 0.3 is 0 Å². The van der Waals surface area contributed by atoms with Crippen LogP contribution in [0.2, 0.25) is 0 Å². The Kier molecular flexibility index (Phi) is 6.73. The summed E-state index contributed by atoms with van der Waals surface area (Å²) in [5.74, 6) is 0.391. The lowest BCUT2D eigenvalue weighted by Gasteiger charge is -2.48. The number of carbonyl (C=O) groups is 2.